The van der Waals surface area contributed by atoms with Crippen molar-refractivity contribution in [2.45, 2.75) is 12.7 Å². The summed E-state index contributed by atoms with van der Waals surface area (Å²) in [6.07, 6.45) is -4.43. The summed E-state index contributed by atoms with van der Waals surface area (Å²) in [5.41, 5.74) is 0.935. The largest absolute Gasteiger partial charge is 0.486 e. The van der Waals surface area contributed by atoms with E-state index in [1.54, 1.807) is 11.9 Å². The second-order valence-electron chi connectivity index (χ2n) is 6.10. The molecule has 1 heterocycles. The van der Waals surface area contributed by atoms with Crippen molar-refractivity contribution in [2.75, 3.05) is 47.4 Å². The minimum atomic E-state index is -4.43. The van der Waals surface area contributed by atoms with Crippen molar-refractivity contribution in [3.05, 3.63) is 23.8 Å². The van der Waals surface area contributed by atoms with Crippen LogP contribution in [0, 0.1) is 0 Å². The fourth-order valence-corrected chi connectivity index (χ4v) is 2.57. The molecular formula is C17H24F3IN4O3. The second-order valence-corrected chi connectivity index (χ2v) is 6.10. The molecule has 28 heavy (non-hydrogen) atoms. The van der Waals surface area contributed by atoms with Crippen LogP contribution in [0.4, 0.5) is 13.2 Å². The van der Waals surface area contributed by atoms with Gasteiger partial charge in [-0.15, -0.1) is 24.0 Å². The van der Waals surface area contributed by atoms with Gasteiger partial charge in [-0.3, -0.25) is 9.79 Å². The molecule has 0 bridgehead atoms. The van der Waals surface area contributed by atoms with Crippen LogP contribution in [-0.2, 0) is 11.3 Å². The highest BCUT2D eigenvalue weighted by atomic mass is 127. The highest BCUT2D eigenvalue weighted by Crippen LogP contribution is 2.31. The molecule has 1 aliphatic heterocycles. The third kappa shape index (κ3) is 7.24. The van der Waals surface area contributed by atoms with Crippen molar-refractivity contribution in [2.24, 2.45) is 4.99 Å². The Balaban J connectivity index is 0.00000392. The number of nitrogens with zero attached hydrogens (tertiary/aromatic N) is 3. The molecule has 158 valence electrons. The maximum atomic E-state index is 12.4. The van der Waals surface area contributed by atoms with E-state index in [0.29, 0.717) is 42.1 Å². The zero-order chi connectivity index (χ0) is 20.0. The minimum absolute atomic E-state index is 0. The first-order chi connectivity index (χ1) is 12.7. The molecule has 1 amide bonds. The van der Waals surface area contributed by atoms with Gasteiger partial charge in [-0.05, 0) is 17.7 Å². The van der Waals surface area contributed by atoms with Gasteiger partial charge >= 0.3 is 6.18 Å². The molecule has 0 aliphatic carbocycles. The van der Waals surface area contributed by atoms with E-state index in [9.17, 15) is 18.0 Å². The highest BCUT2D eigenvalue weighted by molar-refractivity contribution is 14.0. The van der Waals surface area contributed by atoms with Crippen molar-refractivity contribution in [1.82, 2.24) is 15.1 Å². The van der Waals surface area contributed by atoms with Gasteiger partial charge in [0, 0.05) is 27.7 Å². The lowest BCUT2D eigenvalue weighted by Crippen LogP contribution is -2.45. The van der Waals surface area contributed by atoms with Crippen LogP contribution in [0.5, 0.6) is 11.5 Å². The van der Waals surface area contributed by atoms with E-state index in [1.807, 2.05) is 18.2 Å². The van der Waals surface area contributed by atoms with Gasteiger partial charge in [0.05, 0.1) is 6.54 Å². The average molecular weight is 516 g/mol. The summed E-state index contributed by atoms with van der Waals surface area (Å²) in [5, 5.41) is 2.78. The van der Waals surface area contributed by atoms with Crippen molar-refractivity contribution >= 4 is 35.8 Å². The van der Waals surface area contributed by atoms with Gasteiger partial charge in [0.15, 0.2) is 17.5 Å². The van der Waals surface area contributed by atoms with E-state index in [0.717, 1.165) is 12.6 Å². The molecule has 2 rings (SSSR count). The first kappa shape index (κ1) is 24.1. The second kappa shape index (κ2) is 10.6. The predicted octanol–water partition coefficient (Wildman–Crippen LogP) is 2.10. The molecular weight excluding hydrogens is 492 g/mol. The summed E-state index contributed by atoms with van der Waals surface area (Å²) in [6, 6.07) is 5.57. The number of carbonyl (C=O) groups excluding carboxylic acids is 1. The standard InChI is InChI=1S/C17H23F3N4O3.HI/c1-21-16(22-9-15(25)24(3)11-17(18,19)20)23(2)10-12-4-5-13-14(8-12)27-7-6-26-13;/h4-5,8H,6-7,9-11H2,1-3H3,(H,21,22);1H. The van der Waals surface area contributed by atoms with E-state index in [4.69, 9.17) is 9.47 Å². The molecule has 1 aliphatic rings. The highest BCUT2D eigenvalue weighted by Gasteiger charge is 2.31. The molecule has 0 saturated carbocycles. The summed E-state index contributed by atoms with van der Waals surface area (Å²) < 4.78 is 48.1. The van der Waals surface area contributed by atoms with Crippen LogP contribution in [0.3, 0.4) is 0 Å². The van der Waals surface area contributed by atoms with E-state index in [2.05, 4.69) is 10.3 Å². The number of benzene rings is 1. The first-order valence-corrected chi connectivity index (χ1v) is 8.30. The van der Waals surface area contributed by atoms with Crippen LogP contribution in [0.2, 0.25) is 0 Å². The van der Waals surface area contributed by atoms with Crippen LogP contribution in [0.1, 0.15) is 5.56 Å². The number of amides is 1. The van der Waals surface area contributed by atoms with Gasteiger partial charge in [-0.1, -0.05) is 6.07 Å². The fraction of sp³-hybridized carbons (Fsp3) is 0.529. The molecule has 0 fully saturated rings. The predicted molar refractivity (Wildman–Crippen MR) is 109 cm³/mol. The molecule has 1 aromatic carbocycles. The lowest BCUT2D eigenvalue weighted by Gasteiger charge is -2.25. The van der Waals surface area contributed by atoms with Crippen molar-refractivity contribution in [3.8, 4) is 11.5 Å². The van der Waals surface area contributed by atoms with Gasteiger partial charge in [0.2, 0.25) is 5.91 Å². The molecule has 0 atom stereocenters. The molecule has 1 N–H and O–H groups in total. The third-order valence-electron chi connectivity index (χ3n) is 3.84. The van der Waals surface area contributed by atoms with Crippen LogP contribution in [0.15, 0.2) is 23.2 Å². The van der Waals surface area contributed by atoms with E-state index >= 15 is 0 Å². The SMILES string of the molecule is CN=C(NCC(=O)N(C)CC(F)(F)F)N(C)Cc1ccc2c(c1)OCCO2.I. The van der Waals surface area contributed by atoms with Crippen LogP contribution in [0.25, 0.3) is 0 Å². The Bertz CT molecular complexity index is 701. The number of alkyl halides is 3. The number of carbonyl (C=O) groups is 1. The maximum Gasteiger partial charge on any atom is 0.406 e. The van der Waals surface area contributed by atoms with Gasteiger partial charge < -0.3 is 24.6 Å². The number of hydrogen-bond acceptors (Lipinski definition) is 4. The molecule has 0 unspecified atom stereocenters. The van der Waals surface area contributed by atoms with Gasteiger partial charge in [-0.25, -0.2) is 0 Å². The summed E-state index contributed by atoms with van der Waals surface area (Å²) in [4.78, 5) is 18.3. The first-order valence-electron chi connectivity index (χ1n) is 8.30. The number of ether oxygens (including phenoxy) is 2. The lowest BCUT2D eigenvalue weighted by atomic mass is 10.2. The van der Waals surface area contributed by atoms with E-state index in [-0.39, 0.29) is 30.5 Å². The van der Waals surface area contributed by atoms with E-state index in [1.165, 1.54) is 7.05 Å². The molecule has 0 spiro atoms. The van der Waals surface area contributed by atoms with Crippen LogP contribution < -0.4 is 14.8 Å². The van der Waals surface area contributed by atoms with Crippen LogP contribution >= 0.6 is 24.0 Å². The number of likely N-dealkylation sites (N-methyl/N-ethyl adjacent to an activating group) is 1. The van der Waals surface area contributed by atoms with Crippen molar-refractivity contribution < 1.29 is 27.4 Å². The maximum absolute atomic E-state index is 12.4. The quantitative estimate of drug-likeness (QED) is 0.369. The molecule has 0 aromatic heterocycles. The monoisotopic (exact) mass is 516 g/mol. The number of guanidine groups is 1. The number of aliphatic imine (C=N–C) groups is 1. The van der Waals surface area contributed by atoms with E-state index < -0.39 is 18.6 Å². The number of halogens is 4. The summed E-state index contributed by atoms with van der Waals surface area (Å²) in [5.74, 6) is 1.06. The minimum Gasteiger partial charge on any atom is -0.486 e. The molecule has 0 saturated heterocycles. The Hall–Kier alpha value is -1.92. The summed E-state index contributed by atoms with van der Waals surface area (Å²) in [7, 11) is 4.40. The zero-order valence-electron chi connectivity index (χ0n) is 15.9. The summed E-state index contributed by atoms with van der Waals surface area (Å²) >= 11 is 0. The molecule has 0 radical (unpaired) electrons. The zero-order valence-corrected chi connectivity index (χ0v) is 18.2. The Morgan fingerprint density at radius 2 is 1.82 bits per heavy atom. The number of hydrogen-bond donors (Lipinski definition) is 1. The van der Waals surface area contributed by atoms with Crippen molar-refractivity contribution in [3.63, 3.8) is 0 Å². The smallest absolute Gasteiger partial charge is 0.406 e. The Morgan fingerprint density at radius 1 is 1.18 bits per heavy atom. The number of nitrogens with one attached hydrogen (secondary N) is 1. The lowest BCUT2D eigenvalue weighted by molar-refractivity contribution is -0.157. The molecule has 11 heteroatoms. The van der Waals surface area contributed by atoms with Gasteiger partial charge in [0.25, 0.3) is 0 Å². The third-order valence-corrected chi connectivity index (χ3v) is 3.84. The Morgan fingerprint density at radius 3 is 2.43 bits per heavy atom. The normalized spacial score (nSPS) is 13.4. The number of rotatable bonds is 5. The fourth-order valence-electron chi connectivity index (χ4n) is 2.57. The molecule has 7 nitrogen and oxygen atoms in total. The topological polar surface area (TPSA) is 66.4 Å². The Labute approximate surface area is 178 Å². The number of fused-ring (bicyclic) bond motifs is 1. The summed E-state index contributed by atoms with van der Waals surface area (Å²) in [6.45, 7) is -0.116. The average Bonchev–Trinajstić information content (AvgIpc) is 2.60. The van der Waals surface area contributed by atoms with Gasteiger partial charge in [-0.2, -0.15) is 13.2 Å². The Kier molecular flexibility index (Phi) is 9.11. The molecule has 1 aromatic rings. The van der Waals surface area contributed by atoms with Crippen molar-refractivity contribution in [1.29, 1.82) is 0 Å². The van der Waals surface area contributed by atoms with Gasteiger partial charge in [0.1, 0.15) is 19.8 Å². The van der Waals surface area contributed by atoms with Crippen LogP contribution in [-0.4, -0.2) is 75.3 Å².